The Morgan fingerprint density at radius 1 is 1.48 bits per heavy atom. The van der Waals surface area contributed by atoms with Crippen molar-refractivity contribution in [2.45, 2.75) is 52.1 Å². The third-order valence-electron chi connectivity index (χ3n) is 4.34. The minimum Gasteiger partial charge on any atom is -0.397 e. The molecule has 2 rings (SSSR count). The molecule has 1 aromatic heterocycles. The molecule has 1 aliphatic heterocycles. The molecule has 0 spiro atoms. The number of amides is 1. The van der Waals surface area contributed by atoms with Crippen LogP contribution in [0.1, 0.15) is 50.0 Å². The van der Waals surface area contributed by atoms with Crippen LogP contribution in [0.25, 0.3) is 0 Å². The SMILES string of the molecule is CCn1cc(N)cc1C(=O)NCCCN1CCCCC1C. The van der Waals surface area contributed by atoms with Crippen molar-refractivity contribution in [3.8, 4) is 0 Å². The number of nitrogen functional groups attached to an aromatic ring is 1. The maximum Gasteiger partial charge on any atom is 0.267 e. The van der Waals surface area contributed by atoms with Gasteiger partial charge in [-0.05, 0) is 45.7 Å². The first kappa shape index (κ1) is 15.9. The fourth-order valence-corrected chi connectivity index (χ4v) is 3.05. The molecular formula is C16H28N4O. The molecule has 118 valence electrons. The maximum absolute atomic E-state index is 12.2. The monoisotopic (exact) mass is 292 g/mol. The van der Waals surface area contributed by atoms with Crippen LogP contribution in [0.3, 0.4) is 0 Å². The van der Waals surface area contributed by atoms with Crippen molar-refractivity contribution in [3.63, 3.8) is 0 Å². The van der Waals surface area contributed by atoms with Gasteiger partial charge in [-0.25, -0.2) is 0 Å². The predicted octanol–water partition coefficient (Wildman–Crippen LogP) is 2.08. The Morgan fingerprint density at radius 3 is 3.00 bits per heavy atom. The Bertz CT molecular complexity index is 469. The molecule has 1 atom stereocenters. The average Bonchev–Trinajstić information content (AvgIpc) is 2.86. The zero-order valence-corrected chi connectivity index (χ0v) is 13.3. The number of carbonyl (C=O) groups is 1. The summed E-state index contributed by atoms with van der Waals surface area (Å²) in [6, 6.07) is 2.43. The Morgan fingerprint density at radius 2 is 2.29 bits per heavy atom. The van der Waals surface area contributed by atoms with Crippen LogP contribution in [0.4, 0.5) is 5.69 Å². The minimum atomic E-state index is -0.0276. The van der Waals surface area contributed by atoms with Gasteiger partial charge in [-0.15, -0.1) is 0 Å². The molecule has 1 aliphatic rings. The highest BCUT2D eigenvalue weighted by Crippen LogP contribution is 2.16. The number of aryl methyl sites for hydroxylation is 1. The smallest absolute Gasteiger partial charge is 0.267 e. The van der Waals surface area contributed by atoms with Crippen molar-refractivity contribution in [3.05, 3.63) is 18.0 Å². The third-order valence-corrected chi connectivity index (χ3v) is 4.34. The number of anilines is 1. The second-order valence-electron chi connectivity index (χ2n) is 5.93. The van der Waals surface area contributed by atoms with Gasteiger partial charge in [-0.2, -0.15) is 0 Å². The molecular weight excluding hydrogens is 264 g/mol. The van der Waals surface area contributed by atoms with Gasteiger partial charge < -0.3 is 20.5 Å². The van der Waals surface area contributed by atoms with Gasteiger partial charge in [0.2, 0.25) is 0 Å². The Balaban J connectivity index is 1.74. The summed E-state index contributed by atoms with van der Waals surface area (Å²) >= 11 is 0. The molecule has 0 saturated carbocycles. The molecule has 0 aromatic carbocycles. The van der Waals surface area contributed by atoms with Crippen molar-refractivity contribution in [2.75, 3.05) is 25.4 Å². The average molecular weight is 292 g/mol. The molecule has 0 bridgehead atoms. The molecule has 5 nitrogen and oxygen atoms in total. The molecule has 3 N–H and O–H groups in total. The number of hydrogen-bond donors (Lipinski definition) is 2. The fourth-order valence-electron chi connectivity index (χ4n) is 3.05. The molecule has 1 amide bonds. The van der Waals surface area contributed by atoms with Gasteiger partial charge in [0.25, 0.3) is 5.91 Å². The largest absolute Gasteiger partial charge is 0.397 e. The highest BCUT2D eigenvalue weighted by molar-refractivity contribution is 5.93. The van der Waals surface area contributed by atoms with E-state index in [1.54, 1.807) is 6.07 Å². The van der Waals surface area contributed by atoms with Crippen LogP contribution in [0.5, 0.6) is 0 Å². The Hall–Kier alpha value is -1.49. The van der Waals surface area contributed by atoms with Crippen LogP contribution in [0, 0.1) is 0 Å². The minimum absolute atomic E-state index is 0.0276. The number of nitrogens with zero attached hydrogens (tertiary/aromatic N) is 2. The van der Waals surface area contributed by atoms with Gasteiger partial charge >= 0.3 is 0 Å². The molecule has 2 heterocycles. The van der Waals surface area contributed by atoms with E-state index in [1.807, 2.05) is 17.7 Å². The Labute approximate surface area is 127 Å². The lowest BCUT2D eigenvalue weighted by Crippen LogP contribution is -2.39. The predicted molar refractivity (Wildman–Crippen MR) is 86.4 cm³/mol. The van der Waals surface area contributed by atoms with Gasteiger partial charge in [0.15, 0.2) is 0 Å². The van der Waals surface area contributed by atoms with E-state index in [9.17, 15) is 4.79 Å². The van der Waals surface area contributed by atoms with Crippen LogP contribution in [-0.2, 0) is 6.54 Å². The van der Waals surface area contributed by atoms with Crippen LogP contribution < -0.4 is 11.1 Å². The first-order chi connectivity index (χ1) is 10.1. The Kier molecular flexibility index (Phi) is 5.67. The van der Waals surface area contributed by atoms with E-state index < -0.39 is 0 Å². The van der Waals surface area contributed by atoms with E-state index in [2.05, 4.69) is 17.1 Å². The van der Waals surface area contributed by atoms with E-state index in [4.69, 9.17) is 5.73 Å². The summed E-state index contributed by atoms with van der Waals surface area (Å²) in [6.45, 7) is 8.05. The van der Waals surface area contributed by atoms with E-state index in [1.165, 1.54) is 25.8 Å². The molecule has 5 heteroatoms. The molecule has 0 radical (unpaired) electrons. The van der Waals surface area contributed by atoms with Gasteiger partial charge in [0, 0.05) is 31.9 Å². The molecule has 0 aliphatic carbocycles. The second kappa shape index (κ2) is 7.50. The summed E-state index contributed by atoms with van der Waals surface area (Å²) in [5.41, 5.74) is 7.05. The number of rotatable bonds is 6. The van der Waals surface area contributed by atoms with Gasteiger partial charge in [-0.1, -0.05) is 6.42 Å². The van der Waals surface area contributed by atoms with Crippen molar-refractivity contribution >= 4 is 11.6 Å². The summed E-state index contributed by atoms with van der Waals surface area (Å²) in [5, 5.41) is 3.00. The van der Waals surface area contributed by atoms with E-state index in [0.29, 0.717) is 17.4 Å². The number of likely N-dealkylation sites (tertiary alicyclic amines) is 1. The zero-order chi connectivity index (χ0) is 15.2. The normalized spacial score (nSPS) is 19.6. The number of piperidine rings is 1. The van der Waals surface area contributed by atoms with E-state index in [0.717, 1.165) is 26.1 Å². The van der Waals surface area contributed by atoms with Crippen LogP contribution in [-0.4, -0.2) is 41.1 Å². The summed E-state index contributed by atoms with van der Waals surface area (Å²) in [6.07, 6.45) is 6.77. The van der Waals surface area contributed by atoms with Gasteiger partial charge in [-0.3, -0.25) is 4.79 Å². The molecule has 1 unspecified atom stereocenters. The highest BCUT2D eigenvalue weighted by atomic mass is 16.1. The van der Waals surface area contributed by atoms with E-state index in [-0.39, 0.29) is 5.91 Å². The quantitative estimate of drug-likeness (QED) is 0.789. The van der Waals surface area contributed by atoms with Crippen molar-refractivity contribution < 1.29 is 4.79 Å². The van der Waals surface area contributed by atoms with Crippen LogP contribution in [0.2, 0.25) is 0 Å². The lowest BCUT2D eigenvalue weighted by molar-refractivity contribution is 0.0940. The zero-order valence-electron chi connectivity index (χ0n) is 13.3. The number of hydrogen-bond acceptors (Lipinski definition) is 3. The summed E-state index contributed by atoms with van der Waals surface area (Å²) in [5.74, 6) is -0.0276. The summed E-state index contributed by atoms with van der Waals surface area (Å²) in [4.78, 5) is 14.7. The number of carbonyl (C=O) groups excluding carboxylic acids is 1. The highest BCUT2D eigenvalue weighted by Gasteiger charge is 2.17. The third kappa shape index (κ3) is 4.24. The summed E-state index contributed by atoms with van der Waals surface area (Å²) in [7, 11) is 0. The molecule has 1 aromatic rings. The summed E-state index contributed by atoms with van der Waals surface area (Å²) < 4.78 is 1.89. The van der Waals surface area contributed by atoms with Crippen molar-refractivity contribution in [1.29, 1.82) is 0 Å². The number of aromatic nitrogens is 1. The first-order valence-electron chi connectivity index (χ1n) is 8.09. The topological polar surface area (TPSA) is 63.3 Å². The molecule has 21 heavy (non-hydrogen) atoms. The van der Waals surface area contributed by atoms with Crippen LogP contribution in [0.15, 0.2) is 12.3 Å². The van der Waals surface area contributed by atoms with Crippen molar-refractivity contribution in [2.24, 2.45) is 0 Å². The molecule has 1 fully saturated rings. The first-order valence-corrected chi connectivity index (χ1v) is 8.09. The second-order valence-corrected chi connectivity index (χ2v) is 5.93. The van der Waals surface area contributed by atoms with Gasteiger partial charge in [0.05, 0.1) is 5.69 Å². The maximum atomic E-state index is 12.2. The lowest BCUT2D eigenvalue weighted by atomic mass is 10.0. The standard InChI is InChI=1S/C16H28N4O/c1-3-19-12-14(17)11-15(19)16(21)18-8-6-10-20-9-5-4-7-13(20)2/h11-13H,3-10,17H2,1-2H3,(H,18,21). The van der Waals surface area contributed by atoms with E-state index >= 15 is 0 Å². The number of nitrogens with two attached hydrogens (primary N) is 1. The lowest BCUT2D eigenvalue weighted by Gasteiger charge is -2.33. The van der Waals surface area contributed by atoms with Crippen molar-refractivity contribution in [1.82, 2.24) is 14.8 Å². The fraction of sp³-hybridized carbons (Fsp3) is 0.688. The molecule has 1 saturated heterocycles. The van der Waals surface area contributed by atoms with Gasteiger partial charge in [0.1, 0.15) is 5.69 Å². The van der Waals surface area contributed by atoms with Crippen LogP contribution >= 0.6 is 0 Å². The number of nitrogens with one attached hydrogen (secondary N) is 1.